The molecule has 0 fully saturated rings. The van der Waals surface area contributed by atoms with Crippen molar-refractivity contribution in [1.29, 1.82) is 0 Å². The Bertz CT molecular complexity index is 481. The summed E-state index contributed by atoms with van der Waals surface area (Å²) in [5.41, 5.74) is 10.1. The molecule has 0 unspecified atom stereocenters. The van der Waals surface area contributed by atoms with Gasteiger partial charge in [0, 0.05) is 5.56 Å². The van der Waals surface area contributed by atoms with Crippen molar-refractivity contribution in [1.82, 2.24) is 0 Å². The second kappa shape index (κ2) is 5.59. The molecule has 0 saturated carbocycles. The maximum atomic E-state index is 13.5. The third-order valence-corrected chi connectivity index (χ3v) is 1.82. The minimum Gasteiger partial charge on any atom is -0.465 e. The van der Waals surface area contributed by atoms with E-state index in [1.54, 1.807) is 0 Å². The van der Waals surface area contributed by atoms with Crippen LogP contribution in [0.5, 0.6) is 0 Å². The minimum atomic E-state index is -0.671. The Morgan fingerprint density at radius 1 is 1.47 bits per heavy atom. The molecule has 0 aliphatic carbocycles. The minimum absolute atomic E-state index is 0.0376. The molecular weight excluding hydrogens is 227 g/mol. The Hall–Kier alpha value is -2.44. The molecule has 1 aromatic carbocycles. The number of nitrogens with zero attached hydrogens (tertiary/aromatic N) is 2. The van der Waals surface area contributed by atoms with E-state index in [0.717, 1.165) is 6.21 Å². The van der Waals surface area contributed by atoms with Gasteiger partial charge in [-0.25, -0.2) is 9.18 Å². The first-order chi connectivity index (χ1) is 8.06. The largest absolute Gasteiger partial charge is 0.465 e. The highest BCUT2D eigenvalue weighted by Crippen LogP contribution is 2.12. The molecule has 0 saturated heterocycles. The third-order valence-electron chi connectivity index (χ3n) is 1.82. The number of rotatable bonds is 3. The van der Waals surface area contributed by atoms with E-state index < -0.39 is 11.8 Å². The van der Waals surface area contributed by atoms with E-state index in [4.69, 9.17) is 11.5 Å². The van der Waals surface area contributed by atoms with Crippen LogP contribution >= 0.6 is 0 Å². The molecule has 0 heterocycles. The van der Waals surface area contributed by atoms with Gasteiger partial charge in [0.05, 0.1) is 18.9 Å². The first-order valence-corrected chi connectivity index (χ1v) is 4.55. The summed E-state index contributed by atoms with van der Waals surface area (Å²) in [5.74, 6) is -1.56. The molecule has 0 bridgehead atoms. The average molecular weight is 238 g/mol. The van der Waals surface area contributed by atoms with E-state index in [0.29, 0.717) is 0 Å². The number of carbonyl (C=O) groups excluding carboxylic acids is 1. The van der Waals surface area contributed by atoms with E-state index in [2.05, 4.69) is 14.9 Å². The van der Waals surface area contributed by atoms with Gasteiger partial charge in [-0.3, -0.25) is 0 Å². The molecule has 1 rings (SSSR count). The molecule has 0 spiro atoms. The van der Waals surface area contributed by atoms with Crippen LogP contribution in [0.3, 0.4) is 0 Å². The van der Waals surface area contributed by atoms with Crippen molar-refractivity contribution in [3.05, 3.63) is 35.1 Å². The van der Waals surface area contributed by atoms with Crippen LogP contribution in [0.1, 0.15) is 15.9 Å². The number of nitrogens with two attached hydrogens (primary N) is 2. The van der Waals surface area contributed by atoms with Crippen LogP contribution in [0.2, 0.25) is 0 Å². The first kappa shape index (κ1) is 12.6. The van der Waals surface area contributed by atoms with Gasteiger partial charge in [0.25, 0.3) is 0 Å². The molecule has 0 radical (unpaired) electrons. The van der Waals surface area contributed by atoms with Crippen molar-refractivity contribution in [2.75, 3.05) is 7.11 Å². The van der Waals surface area contributed by atoms with E-state index >= 15 is 0 Å². The molecule has 0 aliphatic rings. The van der Waals surface area contributed by atoms with Crippen molar-refractivity contribution in [2.24, 2.45) is 21.7 Å². The fourth-order valence-corrected chi connectivity index (χ4v) is 1.11. The SMILES string of the molecule is COC(=O)c1cccc(F)c1C=NN=C(N)N. The fraction of sp³-hybridized carbons (Fsp3) is 0.100. The van der Waals surface area contributed by atoms with E-state index in [1.807, 2.05) is 0 Å². The number of hydrogen-bond acceptors (Lipinski definition) is 4. The number of benzene rings is 1. The van der Waals surface area contributed by atoms with Crippen LogP contribution in [-0.2, 0) is 4.74 Å². The van der Waals surface area contributed by atoms with Gasteiger partial charge >= 0.3 is 5.97 Å². The molecule has 90 valence electrons. The molecule has 6 nitrogen and oxygen atoms in total. The summed E-state index contributed by atoms with van der Waals surface area (Å²) >= 11 is 0. The Morgan fingerprint density at radius 3 is 2.76 bits per heavy atom. The van der Waals surface area contributed by atoms with Gasteiger partial charge in [0.1, 0.15) is 5.82 Å². The zero-order chi connectivity index (χ0) is 12.8. The zero-order valence-corrected chi connectivity index (χ0v) is 9.05. The van der Waals surface area contributed by atoms with Crippen LogP contribution < -0.4 is 11.5 Å². The number of hydrogen-bond donors (Lipinski definition) is 2. The molecule has 4 N–H and O–H groups in total. The quantitative estimate of drug-likeness (QED) is 0.340. The maximum absolute atomic E-state index is 13.5. The number of carbonyl (C=O) groups is 1. The number of ether oxygens (including phenoxy) is 1. The Kier molecular flexibility index (Phi) is 4.15. The lowest BCUT2D eigenvalue weighted by atomic mass is 10.1. The number of guanidine groups is 1. The highest BCUT2D eigenvalue weighted by molar-refractivity contribution is 5.99. The predicted octanol–water partition coefficient (Wildman–Crippen LogP) is 0.220. The molecular formula is C10H11FN4O2. The zero-order valence-electron chi connectivity index (χ0n) is 9.05. The van der Waals surface area contributed by atoms with Gasteiger partial charge in [-0.2, -0.15) is 5.10 Å². The summed E-state index contributed by atoms with van der Waals surface area (Å²) < 4.78 is 18.0. The van der Waals surface area contributed by atoms with Crippen LogP contribution in [-0.4, -0.2) is 25.3 Å². The van der Waals surface area contributed by atoms with Gasteiger partial charge in [0.15, 0.2) is 0 Å². The van der Waals surface area contributed by atoms with Gasteiger partial charge in [-0.1, -0.05) is 6.07 Å². The summed E-state index contributed by atoms with van der Waals surface area (Å²) in [4.78, 5) is 11.3. The average Bonchev–Trinajstić information content (AvgIpc) is 2.29. The predicted molar refractivity (Wildman–Crippen MR) is 61.1 cm³/mol. The maximum Gasteiger partial charge on any atom is 0.338 e. The van der Waals surface area contributed by atoms with Crippen LogP contribution in [0.15, 0.2) is 28.4 Å². The normalized spacial score (nSPS) is 10.2. The number of esters is 1. The first-order valence-electron chi connectivity index (χ1n) is 4.55. The molecule has 0 amide bonds. The highest BCUT2D eigenvalue weighted by Gasteiger charge is 2.13. The van der Waals surface area contributed by atoms with Crippen molar-refractivity contribution in [2.45, 2.75) is 0 Å². The summed E-state index contributed by atoms with van der Waals surface area (Å²) in [5, 5.41) is 6.75. The fourth-order valence-electron chi connectivity index (χ4n) is 1.11. The van der Waals surface area contributed by atoms with Crippen molar-refractivity contribution in [3.8, 4) is 0 Å². The molecule has 1 aromatic rings. The monoisotopic (exact) mass is 238 g/mol. The van der Waals surface area contributed by atoms with Gasteiger partial charge < -0.3 is 16.2 Å². The second-order valence-corrected chi connectivity index (χ2v) is 2.96. The molecule has 0 aliphatic heterocycles. The Labute approximate surface area is 96.8 Å². The van der Waals surface area contributed by atoms with Crippen molar-refractivity contribution in [3.63, 3.8) is 0 Å². The summed E-state index contributed by atoms with van der Waals surface area (Å²) in [6, 6.07) is 3.98. The summed E-state index contributed by atoms with van der Waals surface area (Å²) in [7, 11) is 1.20. The van der Waals surface area contributed by atoms with Gasteiger partial charge in [0.2, 0.25) is 5.96 Å². The second-order valence-electron chi connectivity index (χ2n) is 2.96. The van der Waals surface area contributed by atoms with E-state index in [1.165, 1.54) is 25.3 Å². The lowest BCUT2D eigenvalue weighted by Crippen LogP contribution is -2.21. The number of halogens is 1. The van der Waals surface area contributed by atoms with E-state index in [-0.39, 0.29) is 17.1 Å². The highest BCUT2D eigenvalue weighted by atomic mass is 19.1. The van der Waals surface area contributed by atoms with Gasteiger partial charge in [-0.05, 0) is 12.1 Å². The van der Waals surface area contributed by atoms with Crippen LogP contribution in [0, 0.1) is 5.82 Å². The molecule has 17 heavy (non-hydrogen) atoms. The van der Waals surface area contributed by atoms with Crippen LogP contribution in [0.25, 0.3) is 0 Å². The standard InChI is InChI=1S/C10H11FN4O2/c1-17-9(16)6-3-2-4-8(11)7(6)5-14-15-10(12)13/h2-5H,1H3,(H4,12,13,15). The third kappa shape index (κ3) is 3.26. The Balaban J connectivity index is 3.17. The van der Waals surface area contributed by atoms with E-state index in [9.17, 15) is 9.18 Å². The molecule has 0 atom stereocenters. The van der Waals surface area contributed by atoms with Gasteiger partial charge in [-0.15, -0.1) is 5.10 Å². The lowest BCUT2D eigenvalue weighted by Gasteiger charge is -2.03. The molecule has 0 aromatic heterocycles. The number of methoxy groups -OCH3 is 1. The smallest absolute Gasteiger partial charge is 0.338 e. The van der Waals surface area contributed by atoms with Crippen molar-refractivity contribution >= 4 is 18.1 Å². The summed E-state index contributed by atoms with van der Waals surface area (Å²) in [6.07, 6.45) is 1.04. The van der Waals surface area contributed by atoms with Crippen molar-refractivity contribution < 1.29 is 13.9 Å². The molecule has 7 heteroatoms. The topological polar surface area (TPSA) is 103 Å². The summed E-state index contributed by atoms with van der Waals surface area (Å²) in [6.45, 7) is 0. The Morgan fingerprint density at radius 2 is 2.18 bits per heavy atom. The van der Waals surface area contributed by atoms with Crippen LogP contribution in [0.4, 0.5) is 4.39 Å². The lowest BCUT2D eigenvalue weighted by molar-refractivity contribution is 0.0600.